The number of carbonyl (C=O) groups is 2. The van der Waals surface area contributed by atoms with E-state index >= 15 is 0 Å². The van der Waals surface area contributed by atoms with Crippen molar-refractivity contribution in [3.63, 3.8) is 0 Å². The van der Waals surface area contributed by atoms with Gasteiger partial charge in [-0.25, -0.2) is 0 Å². The van der Waals surface area contributed by atoms with Crippen LogP contribution in [0.1, 0.15) is 38.5 Å². The lowest BCUT2D eigenvalue weighted by atomic mass is 9.78. The molecule has 1 saturated carbocycles. The molecule has 1 unspecified atom stereocenters. The Morgan fingerprint density at radius 1 is 1.35 bits per heavy atom. The molecule has 114 valence electrons. The number of likely N-dealkylation sites (N-methyl/N-ethyl adjacent to an activating group) is 1. The molecule has 0 spiro atoms. The first-order valence-electron chi connectivity index (χ1n) is 7.37. The second-order valence-corrected chi connectivity index (χ2v) is 5.82. The molecule has 0 aromatic carbocycles. The molecule has 2 N–H and O–H groups in total. The summed E-state index contributed by atoms with van der Waals surface area (Å²) in [4.78, 5) is 25.4. The summed E-state index contributed by atoms with van der Waals surface area (Å²) in [6.45, 7) is 1.79. The van der Waals surface area contributed by atoms with E-state index in [0.29, 0.717) is 13.2 Å². The Morgan fingerprint density at radius 2 is 2.05 bits per heavy atom. The molecule has 2 aliphatic rings. The third kappa shape index (κ3) is 3.30. The molecular weight excluding hydrogens is 260 g/mol. The molecule has 1 amide bonds. The van der Waals surface area contributed by atoms with Gasteiger partial charge < -0.3 is 20.1 Å². The first-order chi connectivity index (χ1) is 9.55. The molecule has 2 fully saturated rings. The maximum Gasteiger partial charge on any atom is 0.305 e. The van der Waals surface area contributed by atoms with Crippen LogP contribution in [0, 0.1) is 0 Å². The van der Waals surface area contributed by atoms with Crippen molar-refractivity contribution in [2.24, 2.45) is 0 Å². The molecule has 1 aliphatic heterocycles. The van der Waals surface area contributed by atoms with E-state index < -0.39 is 17.6 Å². The fraction of sp³-hybridized carbons (Fsp3) is 0.857. The van der Waals surface area contributed by atoms with E-state index in [9.17, 15) is 14.7 Å². The summed E-state index contributed by atoms with van der Waals surface area (Å²) >= 11 is 0. The highest BCUT2D eigenvalue weighted by Gasteiger charge is 2.42. The van der Waals surface area contributed by atoms with Gasteiger partial charge in [0.25, 0.3) is 5.91 Å². The Labute approximate surface area is 119 Å². The SMILES string of the molecule is CN(C(=O)C1CNCCO1)C1(CC(=O)O)CCCCC1. The molecule has 0 aromatic heterocycles. The van der Waals surface area contributed by atoms with E-state index in [1.165, 1.54) is 0 Å². The van der Waals surface area contributed by atoms with Crippen molar-refractivity contribution in [3.05, 3.63) is 0 Å². The van der Waals surface area contributed by atoms with E-state index in [2.05, 4.69) is 5.32 Å². The Bertz CT molecular complexity index is 360. The number of ether oxygens (including phenoxy) is 1. The highest BCUT2D eigenvalue weighted by atomic mass is 16.5. The van der Waals surface area contributed by atoms with Crippen LogP contribution in [0.4, 0.5) is 0 Å². The average molecular weight is 284 g/mol. The minimum atomic E-state index is -0.839. The van der Waals surface area contributed by atoms with Crippen LogP contribution in [0.15, 0.2) is 0 Å². The number of carboxylic acids is 1. The minimum absolute atomic E-state index is 0.0232. The Balaban J connectivity index is 2.10. The third-order valence-corrected chi connectivity index (χ3v) is 4.51. The molecule has 6 nitrogen and oxygen atoms in total. The molecule has 1 aliphatic carbocycles. The van der Waals surface area contributed by atoms with Crippen LogP contribution in [-0.4, -0.2) is 60.3 Å². The zero-order valence-corrected chi connectivity index (χ0v) is 12.1. The number of nitrogens with zero attached hydrogens (tertiary/aromatic N) is 1. The van der Waals surface area contributed by atoms with Crippen LogP contribution in [0.2, 0.25) is 0 Å². The van der Waals surface area contributed by atoms with Crippen LogP contribution in [0.5, 0.6) is 0 Å². The predicted octanol–water partition coefficient (Wildman–Crippen LogP) is 0.611. The molecule has 6 heteroatoms. The quantitative estimate of drug-likeness (QED) is 0.791. The summed E-state index contributed by atoms with van der Waals surface area (Å²) in [5, 5.41) is 12.3. The monoisotopic (exact) mass is 284 g/mol. The summed E-state index contributed by atoms with van der Waals surface area (Å²) < 4.78 is 5.50. The first-order valence-corrected chi connectivity index (χ1v) is 7.37. The normalized spacial score (nSPS) is 25.9. The molecule has 2 rings (SSSR count). The molecule has 0 radical (unpaired) electrons. The highest BCUT2D eigenvalue weighted by molar-refractivity contribution is 5.82. The number of carbonyl (C=O) groups excluding carboxylic acids is 1. The van der Waals surface area contributed by atoms with E-state index in [1.807, 2.05) is 0 Å². The summed E-state index contributed by atoms with van der Waals surface area (Å²) in [7, 11) is 1.73. The van der Waals surface area contributed by atoms with Crippen LogP contribution in [0.3, 0.4) is 0 Å². The third-order valence-electron chi connectivity index (χ3n) is 4.51. The van der Waals surface area contributed by atoms with E-state index in [4.69, 9.17) is 4.74 Å². The fourth-order valence-corrected chi connectivity index (χ4v) is 3.30. The van der Waals surface area contributed by atoms with E-state index in [-0.39, 0.29) is 12.3 Å². The van der Waals surface area contributed by atoms with Gasteiger partial charge in [0, 0.05) is 20.1 Å². The second-order valence-electron chi connectivity index (χ2n) is 5.82. The van der Waals surface area contributed by atoms with E-state index in [0.717, 1.165) is 38.6 Å². The number of morpholine rings is 1. The van der Waals surface area contributed by atoms with Crippen molar-refractivity contribution in [2.75, 3.05) is 26.7 Å². The second kappa shape index (κ2) is 6.54. The molecule has 1 atom stereocenters. The van der Waals surface area contributed by atoms with Crippen molar-refractivity contribution in [3.8, 4) is 0 Å². The van der Waals surface area contributed by atoms with Crippen LogP contribution >= 0.6 is 0 Å². The average Bonchev–Trinajstić information content (AvgIpc) is 2.47. The van der Waals surface area contributed by atoms with Gasteiger partial charge in [0.2, 0.25) is 0 Å². The summed E-state index contributed by atoms with van der Waals surface area (Å²) in [6, 6.07) is 0. The topological polar surface area (TPSA) is 78.9 Å². The molecule has 20 heavy (non-hydrogen) atoms. The van der Waals surface area contributed by atoms with Gasteiger partial charge >= 0.3 is 5.97 Å². The van der Waals surface area contributed by atoms with Gasteiger partial charge in [-0.15, -0.1) is 0 Å². The van der Waals surface area contributed by atoms with Gasteiger partial charge in [0.15, 0.2) is 0 Å². The maximum atomic E-state index is 12.6. The maximum absolute atomic E-state index is 12.6. The molecule has 0 bridgehead atoms. The smallest absolute Gasteiger partial charge is 0.305 e. The van der Waals surface area contributed by atoms with Gasteiger partial charge in [0.05, 0.1) is 18.6 Å². The van der Waals surface area contributed by atoms with Crippen molar-refractivity contribution in [1.29, 1.82) is 0 Å². The highest BCUT2D eigenvalue weighted by Crippen LogP contribution is 2.36. The lowest BCUT2D eigenvalue weighted by Crippen LogP contribution is -2.57. The number of rotatable bonds is 4. The summed E-state index contributed by atoms with van der Waals surface area (Å²) in [5.41, 5.74) is -0.540. The van der Waals surface area contributed by atoms with Crippen molar-refractivity contribution < 1.29 is 19.4 Å². The van der Waals surface area contributed by atoms with Crippen molar-refractivity contribution in [2.45, 2.75) is 50.2 Å². The van der Waals surface area contributed by atoms with Crippen LogP contribution in [0.25, 0.3) is 0 Å². The van der Waals surface area contributed by atoms with Gasteiger partial charge in [-0.3, -0.25) is 9.59 Å². The minimum Gasteiger partial charge on any atom is -0.481 e. The number of aliphatic carboxylic acids is 1. The van der Waals surface area contributed by atoms with Crippen molar-refractivity contribution >= 4 is 11.9 Å². The number of amides is 1. The Morgan fingerprint density at radius 3 is 2.60 bits per heavy atom. The summed E-state index contributed by atoms with van der Waals surface area (Å²) in [5.74, 6) is -0.936. The zero-order chi connectivity index (χ0) is 14.6. The number of carboxylic acid groups (broad SMARTS) is 1. The fourth-order valence-electron chi connectivity index (χ4n) is 3.30. The van der Waals surface area contributed by atoms with Gasteiger partial charge in [-0.05, 0) is 12.8 Å². The standard InChI is InChI=1S/C14H24N2O4/c1-16(13(19)11-10-15-7-8-20-11)14(9-12(17)18)5-3-2-4-6-14/h11,15H,2-10H2,1H3,(H,17,18). The van der Waals surface area contributed by atoms with Crippen LogP contribution in [-0.2, 0) is 14.3 Å². The summed E-state index contributed by atoms with van der Waals surface area (Å²) in [6.07, 6.45) is 4.15. The Hall–Kier alpha value is -1.14. The Kier molecular flexibility index (Phi) is 4.99. The van der Waals surface area contributed by atoms with Crippen molar-refractivity contribution in [1.82, 2.24) is 10.2 Å². The molecule has 1 saturated heterocycles. The van der Waals surface area contributed by atoms with Gasteiger partial charge in [-0.2, -0.15) is 0 Å². The largest absolute Gasteiger partial charge is 0.481 e. The zero-order valence-electron chi connectivity index (χ0n) is 12.1. The predicted molar refractivity (Wildman–Crippen MR) is 73.4 cm³/mol. The van der Waals surface area contributed by atoms with E-state index in [1.54, 1.807) is 11.9 Å². The van der Waals surface area contributed by atoms with Gasteiger partial charge in [-0.1, -0.05) is 19.3 Å². The molecular formula is C14H24N2O4. The molecule has 0 aromatic rings. The van der Waals surface area contributed by atoms with Gasteiger partial charge in [0.1, 0.15) is 6.10 Å². The lowest BCUT2D eigenvalue weighted by Gasteiger charge is -2.45. The number of hydrogen-bond acceptors (Lipinski definition) is 4. The van der Waals surface area contributed by atoms with Crippen LogP contribution < -0.4 is 5.32 Å². The lowest BCUT2D eigenvalue weighted by molar-refractivity contribution is -0.154. The number of nitrogens with one attached hydrogen (secondary N) is 1. The molecule has 1 heterocycles. The first kappa shape index (κ1) is 15.3. The number of hydrogen-bond donors (Lipinski definition) is 2.